The summed E-state index contributed by atoms with van der Waals surface area (Å²) in [5.74, 6) is -1.78. The fourth-order valence-electron chi connectivity index (χ4n) is 3.19. The monoisotopic (exact) mass is 540 g/mol. The maximum Gasteiger partial charge on any atom is 0.416 e. The molecule has 0 saturated heterocycles. The van der Waals surface area contributed by atoms with Gasteiger partial charge in [0.2, 0.25) is 5.91 Å². The molecule has 32 heavy (non-hydrogen) atoms. The molecule has 0 bridgehead atoms. The molecule has 0 spiro atoms. The van der Waals surface area contributed by atoms with E-state index >= 15 is 0 Å². The average molecular weight is 542 g/mol. The van der Waals surface area contributed by atoms with Crippen molar-refractivity contribution in [1.82, 2.24) is 4.98 Å². The zero-order valence-corrected chi connectivity index (χ0v) is 19.4. The summed E-state index contributed by atoms with van der Waals surface area (Å²) in [7, 11) is 0. The van der Waals surface area contributed by atoms with Gasteiger partial charge < -0.3 is 10.0 Å². The number of carboxylic acids is 1. The summed E-state index contributed by atoms with van der Waals surface area (Å²) >= 11 is 20.4. The number of benzene rings is 2. The predicted molar refractivity (Wildman–Crippen MR) is 119 cm³/mol. The van der Waals surface area contributed by atoms with Crippen LogP contribution in [0.2, 0.25) is 15.1 Å². The van der Waals surface area contributed by atoms with Gasteiger partial charge in [-0.1, -0.05) is 34.8 Å². The maximum absolute atomic E-state index is 13.2. The average Bonchev–Trinajstić information content (AvgIpc) is 3.12. The second-order valence-corrected chi connectivity index (χ2v) is 10.3. The van der Waals surface area contributed by atoms with E-state index in [1.54, 1.807) is 0 Å². The minimum atomic E-state index is -4.58. The van der Waals surface area contributed by atoms with Gasteiger partial charge in [-0.15, -0.1) is 23.1 Å². The highest BCUT2D eigenvalue weighted by Gasteiger charge is 2.38. The molecule has 1 amide bonds. The zero-order chi connectivity index (χ0) is 23.4. The lowest BCUT2D eigenvalue weighted by Gasteiger charge is -2.33. The predicted octanol–water partition coefficient (Wildman–Crippen LogP) is 6.76. The number of carbonyl (C=O) groups is 2. The van der Waals surface area contributed by atoms with Crippen LogP contribution in [-0.2, 0) is 22.3 Å². The van der Waals surface area contributed by atoms with Gasteiger partial charge in [0.15, 0.2) is 0 Å². The summed E-state index contributed by atoms with van der Waals surface area (Å²) < 4.78 is 40.1. The van der Waals surface area contributed by atoms with Gasteiger partial charge in [0, 0.05) is 4.90 Å². The lowest BCUT2D eigenvalue weighted by molar-refractivity contribution is -0.139. The minimum absolute atomic E-state index is 0.0997. The van der Waals surface area contributed by atoms with Gasteiger partial charge in [-0.2, -0.15) is 13.2 Å². The lowest BCUT2D eigenvalue weighted by Crippen LogP contribution is -2.41. The summed E-state index contributed by atoms with van der Waals surface area (Å²) in [6, 6.07) is 4.46. The Balaban J connectivity index is 1.78. The second kappa shape index (κ2) is 8.57. The fraction of sp³-hybridized carbons (Fsp3) is 0.211. The maximum atomic E-state index is 13.2. The molecule has 4 rings (SSSR count). The van der Waals surface area contributed by atoms with Crippen LogP contribution in [0.5, 0.6) is 0 Å². The summed E-state index contributed by atoms with van der Waals surface area (Å²) in [6.07, 6.45) is -5.12. The van der Waals surface area contributed by atoms with Crippen LogP contribution in [0.1, 0.15) is 17.0 Å². The highest BCUT2D eigenvalue weighted by molar-refractivity contribution is 8.01. The summed E-state index contributed by atoms with van der Waals surface area (Å²) in [5, 5.41) is 9.19. The Kier molecular flexibility index (Phi) is 6.28. The van der Waals surface area contributed by atoms with E-state index < -0.39 is 35.3 Å². The third-order valence-electron chi connectivity index (χ3n) is 4.60. The van der Waals surface area contributed by atoms with Crippen LogP contribution in [0.15, 0.2) is 29.2 Å². The Labute approximate surface area is 202 Å². The van der Waals surface area contributed by atoms with Crippen molar-refractivity contribution in [3.8, 4) is 0 Å². The first-order chi connectivity index (χ1) is 15.0. The van der Waals surface area contributed by atoms with Gasteiger partial charge in [-0.3, -0.25) is 9.59 Å². The smallest absolute Gasteiger partial charge is 0.416 e. The number of fused-ring (bicyclic) bond motifs is 2. The molecule has 0 aliphatic carbocycles. The van der Waals surface area contributed by atoms with Crippen molar-refractivity contribution < 1.29 is 27.9 Å². The topological polar surface area (TPSA) is 70.5 Å². The SMILES string of the molecule is O=C(O)CC1Sc2cc(C(F)(F)F)ccc2N(Cc2nc3c(Cl)c(Cl)cc(Cl)c3s2)C1=O. The molecule has 0 fully saturated rings. The van der Waals surface area contributed by atoms with Crippen LogP contribution in [0.25, 0.3) is 10.2 Å². The molecule has 1 N–H and O–H groups in total. The van der Waals surface area contributed by atoms with Crippen LogP contribution in [0.4, 0.5) is 18.9 Å². The molecule has 2 heterocycles. The van der Waals surface area contributed by atoms with E-state index in [4.69, 9.17) is 39.9 Å². The van der Waals surface area contributed by atoms with E-state index in [1.165, 1.54) is 17.0 Å². The molecule has 1 aromatic heterocycles. The molecule has 13 heteroatoms. The minimum Gasteiger partial charge on any atom is -0.481 e. The number of anilines is 1. The van der Waals surface area contributed by atoms with Gasteiger partial charge in [0.1, 0.15) is 10.5 Å². The standard InChI is InChI=1S/C19H10Cl3F3N2O3S2/c20-8-4-9(21)17-16(15(8)22)26-13(32-17)6-27-10-2-1-7(19(23,24)25)3-11(10)31-12(18(27)30)5-14(28)29/h1-4,12H,5-6H2,(H,28,29). The Morgan fingerprint density at radius 3 is 2.56 bits per heavy atom. The first kappa shape index (κ1) is 23.4. The first-order valence-electron chi connectivity index (χ1n) is 8.79. The molecule has 1 aliphatic heterocycles. The molecule has 1 atom stereocenters. The molecular weight excluding hydrogens is 532 g/mol. The number of amides is 1. The molecule has 1 unspecified atom stereocenters. The van der Waals surface area contributed by atoms with E-state index in [0.717, 1.165) is 35.2 Å². The van der Waals surface area contributed by atoms with E-state index in [9.17, 15) is 22.8 Å². The van der Waals surface area contributed by atoms with Crippen molar-refractivity contribution in [3.63, 3.8) is 0 Å². The number of halogens is 6. The van der Waals surface area contributed by atoms with Gasteiger partial charge in [-0.05, 0) is 24.3 Å². The number of nitrogens with zero attached hydrogens (tertiary/aromatic N) is 2. The van der Waals surface area contributed by atoms with E-state index in [2.05, 4.69) is 4.98 Å². The van der Waals surface area contributed by atoms with Crippen LogP contribution < -0.4 is 4.90 Å². The second-order valence-electron chi connectivity index (χ2n) is 6.75. The molecule has 0 saturated carbocycles. The number of hydrogen-bond donors (Lipinski definition) is 1. The molecule has 0 radical (unpaired) electrons. The largest absolute Gasteiger partial charge is 0.481 e. The molecule has 168 valence electrons. The zero-order valence-electron chi connectivity index (χ0n) is 15.5. The van der Waals surface area contributed by atoms with Crippen LogP contribution in [0.3, 0.4) is 0 Å². The Bertz CT molecular complexity index is 1270. The quantitative estimate of drug-likeness (QED) is 0.370. The number of rotatable bonds is 4. The Hall–Kier alpha value is -1.72. The number of hydrogen-bond acceptors (Lipinski definition) is 5. The highest BCUT2D eigenvalue weighted by Crippen LogP contribution is 2.45. The van der Waals surface area contributed by atoms with E-state index in [1.807, 2.05) is 0 Å². The molecule has 5 nitrogen and oxygen atoms in total. The van der Waals surface area contributed by atoms with Crippen molar-refractivity contribution in [2.24, 2.45) is 0 Å². The Morgan fingerprint density at radius 1 is 1.19 bits per heavy atom. The summed E-state index contributed by atoms with van der Waals surface area (Å²) in [5.41, 5.74) is -0.304. The van der Waals surface area contributed by atoms with Gasteiger partial charge in [0.25, 0.3) is 0 Å². The third kappa shape index (κ3) is 4.38. The van der Waals surface area contributed by atoms with Gasteiger partial charge in [-0.25, -0.2) is 4.98 Å². The van der Waals surface area contributed by atoms with E-state index in [-0.39, 0.29) is 27.2 Å². The third-order valence-corrected chi connectivity index (χ3v) is 8.10. The number of thiazole rings is 1. The normalized spacial score (nSPS) is 16.5. The Morgan fingerprint density at radius 2 is 1.91 bits per heavy atom. The van der Waals surface area contributed by atoms with E-state index in [0.29, 0.717) is 20.2 Å². The van der Waals surface area contributed by atoms with Crippen molar-refractivity contribution in [1.29, 1.82) is 0 Å². The van der Waals surface area contributed by atoms with Gasteiger partial charge in [0.05, 0.1) is 49.2 Å². The number of aromatic nitrogens is 1. The summed E-state index contributed by atoms with van der Waals surface area (Å²) in [4.78, 5) is 30.1. The van der Waals surface area contributed by atoms with Crippen molar-refractivity contribution in [3.05, 3.63) is 49.9 Å². The lowest BCUT2D eigenvalue weighted by atomic mass is 10.1. The van der Waals surface area contributed by atoms with Crippen LogP contribution in [0, 0.1) is 0 Å². The van der Waals surface area contributed by atoms with Crippen molar-refractivity contribution in [2.75, 3.05) is 4.90 Å². The van der Waals surface area contributed by atoms with Crippen molar-refractivity contribution >= 4 is 85.7 Å². The summed E-state index contributed by atoms with van der Waals surface area (Å²) in [6.45, 7) is -0.0997. The fourth-order valence-corrected chi connectivity index (χ4v) is 6.22. The van der Waals surface area contributed by atoms with Crippen molar-refractivity contribution in [2.45, 2.75) is 29.3 Å². The highest BCUT2D eigenvalue weighted by atomic mass is 35.5. The number of carboxylic acid groups (broad SMARTS) is 1. The molecular formula is C19H10Cl3F3N2O3S2. The van der Waals surface area contributed by atoms with Gasteiger partial charge >= 0.3 is 12.1 Å². The number of aliphatic carboxylic acids is 1. The number of carbonyl (C=O) groups excluding carboxylic acids is 1. The van der Waals surface area contributed by atoms with Crippen LogP contribution in [-0.4, -0.2) is 27.2 Å². The molecule has 2 aromatic carbocycles. The number of thioether (sulfide) groups is 1. The van der Waals surface area contributed by atoms with Crippen LogP contribution >= 0.6 is 57.9 Å². The first-order valence-corrected chi connectivity index (χ1v) is 11.6. The number of alkyl halides is 3. The molecule has 3 aromatic rings. The molecule has 1 aliphatic rings.